The van der Waals surface area contributed by atoms with Crippen molar-refractivity contribution in [2.75, 3.05) is 0 Å². The van der Waals surface area contributed by atoms with Crippen LogP contribution in [0.2, 0.25) is 0 Å². The fraction of sp³-hybridized carbons (Fsp3) is 0. The maximum Gasteiger partial charge on any atom is 0.225 e. The smallest absolute Gasteiger partial charge is 0.225 e. The van der Waals surface area contributed by atoms with Gasteiger partial charge in [-0.3, -0.25) is 19.2 Å². The van der Waals surface area contributed by atoms with Crippen molar-refractivity contribution < 1.29 is 30.1 Å². The van der Waals surface area contributed by atoms with Crippen molar-refractivity contribution in [2.45, 2.75) is 0 Å². The first-order valence-corrected chi connectivity index (χ1v) is 6.51. The first-order chi connectivity index (χ1) is 10.6. The zero-order chi connectivity index (χ0) is 15.9. The lowest BCUT2D eigenvalue weighted by molar-refractivity contribution is -0.105. The van der Waals surface area contributed by atoms with E-state index in [1.54, 1.807) is 48.5 Å². The van der Waals surface area contributed by atoms with E-state index >= 15 is 0 Å². The molecule has 6 nitrogen and oxygen atoms in total. The predicted molar refractivity (Wildman–Crippen MR) is 89.8 cm³/mol. The number of ketones is 2. The van der Waals surface area contributed by atoms with Crippen molar-refractivity contribution in [1.82, 2.24) is 0 Å². The maximum atomic E-state index is 11.2. The van der Waals surface area contributed by atoms with E-state index in [2.05, 4.69) is 0 Å². The highest BCUT2D eigenvalue weighted by Crippen LogP contribution is 2.11. The van der Waals surface area contributed by atoms with Crippen LogP contribution in [0.4, 0.5) is 0 Å². The number of carbonyl (C=O) groups excluding carboxylic acids is 4. The quantitative estimate of drug-likeness (QED) is 0.338. The van der Waals surface area contributed by atoms with Crippen LogP contribution in [0.3, 0.4) is 0 Å². The van der Waals surface area contributed by atoms with E-state index in [-0.39, 0.29) is 23.5 Å². The SMILES string of the molecule is O.O.O=CC(=O)c1ccc(/C=C/c2ccc(C(=O)C=O)cc2)cc1. The van der Waals surface area contributed by atoms with Gasteiger partial charge in [0.05, 0.1) is 0 Å². The molecule has 6 heteroatoms. The second-order valence-corrected chi connectivity index (χ2v) is 4.54. The molecular weight excluding hydrogens is 312 g/mol. The molecule has 0 fully saturated rings. The Morgan fingerprint density at radius 1 is 0.583 bits per heavy atom. The minimum atomic E-state index is -0.550. The van der Waals surface area contributed by atoms with Crippen LogP contribution in [0.5, 0.6) is 0 Å². The number of hydrogen-bond acceptors (Lipinski definition) is 4. The first-order valence-electron chi connectivity index (χ1n) is 6.51. The number of benzene rings is 2. The van der Waals surface area contributed by atoms with Crippen LogP contribution in [-0.4, -0.2) is 35.1 Å². The van der Waals surface area contributed by atoms with Crippen molar-refractivity contribution in [3.05, 3.63) is 70.8 Å². The molecule has 0 spiro atoms. The largest absolute Gasteiger partial charge is 0.412 e. The number of rotatable bonds is 6. The molecule has 2 aromatic rings. The van der Waals surface area contributed by atoms with Crippen LogP contribution in [0.25, 0.3) is 12.2 Å². The van der Waals surface area contributed by atoms with Gasteiger partial charge in [-0.15, -0.1) is 0 Å². The molecular formula is C18H16O6. The van der Waals surface area contributed by atoms with Gasteiger partial charge in [0.2, 0.25) is 11.6 Å². The topological polar surface area (TPSA) is 131 Å². The number of hydrogen-bond donors (Lipinski definition) is 0. The molecule has 24 heavy (non-hydrogen) atoms. The molecule has 124 valence electrons. The van der Waals surface area contributed by atoms with Crippen molar-refractivity contribution in [1.29, 1.82) is 0 Å². The van der Waals surface area contributed by atoms with Crippen molar-refractivity contribution >= 4 is 36.3 Å². The van der Waals surface area contributed by atoms with Gasteiger partial charge in [-0.2, -0.15) is 0 Å². The zero-order valence-electron chi connectivity index (χ0n) is 12.6. The lowest BCUT2D eigenvalue weighted by atomic mass is 10.1. The molecule has 0 heterocycles. The highest BCUT2D eigenvalue weighted by atomic mass is 16.2. The molecule has 2 rings (SSSR count). The van der Waals surface area contributed by atoms with Crippen molar-refractivity contribution in [2.24, 2.45) is 0 Å². The fourth-order valence-corrected chi connectivity index (χ4v) is 1.85. The van der Waals surface area contributed by atoms with Gasteiger partial charge in [-0.25, -0.2) is 0 Å². The van der Waals surface area contributed by atoms with E-state index in [0.717, 1.165) is 11.1 Å². The molecule has 0 aliphatic carbocycles. The van der Waals surface area contributed by atoms with Gasteiger partial charge in [0.1, 0.15) is 0 Å². The third-order valence-corrected chi connectivity index (χ3v) is 3.07. The maximum absolute atomic E-state index is 11.2. The first kappa shape index (κ1) is 20.8. The van der Waals surface area contributed by atoms with Crippen molar-refractivity contribution in [3.8, 4) is 0 Å². The van der Waals surface area contributed by atoms with Gasteiger partial charge in [0.25, 0.3) is 0 Å². The summed E-state index contributed by atoms with van der Waals surface area (Å²) in [7, 11) is 0. The van der Waals surface area contributed by atoms with Gasteiger partial charge < -0.3 is 11.0 Å². The van der Waals surface area contributed by atoms with E-state index in [4.69, 9.17) is 0 Å². The Hall–Kier alpha value is -3.22. The standard InChI is InChI=1S/C18H12O4.2H2O/c19-11-17(21)15-7-3-13(4-8-15)1-2-14-5-9-16(10-6-14)18(22)12-20;;/h1-12H;2*1H2/b2-1+;;. The highest BCUT2D eigenvalue weighted by Gasteiger charge is 2.03. The van der Waals surface area contributed by atoms with Crippen LogP contribution in [0, 0.1) is 0 Å². The Morgan fingerprint density at radius 2 is 0.875 bits per heavy atom. The molecule has 0 unspecified atom stereocenters. The molecule has 4 N–H and O–H groups in total. The molecule has 0 aliphatic heterocycles. The van der Waals surface area contributed by atoms with Gasteiger partial charge in [-0.1, -0.05) is 60.7 Å². The normalized spacial score (nSPS) is 9.50. The summed E-state index contributed by atoms with van der Waals surface area (Å²) in [5.41, 5.74) is 2.44. The summed E-state index contributed by atoms with van der Waals surface area (Å²) in [6, 6.07) is 13.3. The van der Waals surface area contributed by atoms with E-state index < -0.39 is 11.6 Å². The summed E-state index contributed by atoms with van der Waals surface area (Å²) in [5, 5.41) is 0. The Kier molecular flexibility index (Phi) is 8.42. The summed E-state index contributed by atoms with van der Waals surface area (Å²) < 4.78 is 0. The van der Waals surface area contributed by atoms with Crippen LogP contribution >= 0.6 is 0 Å². The van der Waals surface area contributed by atoms with Crippen LogP contribution < -0.4 is 0 Å². The summed E-state index contributed by atoms with van der Waals surface area (Å²) in [6.45, 7) is 0. The molecule has 0 atom stereocenters. The minimum Gasteiger partial charge on any atom is -0.412 e. The highest BCUT2D eigenvalue weighted by molar-refractivity contribution is 6.33. The molecule has 0 aromatic heterocycles. The van der Waals surface area contributed by atoms with Gasteiger partial charge in [0.15, 0.2) is 12.6 Å². The molecule has 0 bridgehead atoms. The van der Waals surface area contributed by atoms with Gasteiger partial charge in [-0.05, 0) is 11.1 Å². The second kappa shape index (κ2) is 9.73. The van der Waals surface area contributed by atoms with E-state index in [1.807, 2.05) is 12.2 Å². The van der Waals surface area contributed by atoms with E-state index in [0.29, 0.717) is 11.1 Å². The Labute approximate surface area is 138 Å². The van der Waals surface area contributed by atoms with Gasteiger partial charge in [0, 0.05) is 11.1 Å². The lowest BCUT2D eigenvalue weighted by Crippen LogP contribution is -1.99. The summed E-state index contributed by atoms with van der Waals surface area (Å²) in [6.07, 6.45) is 4.25. The summed E-state index contributed by atoms with van der Waals surface area (Å²) in [4.78, 5) is 43.1. The third-order valence-electron chi connectivity index (χ3n) is 3.07. The fourth-order valence-electron chi connectivity index (χ4n) is 1.85. The Balaban J connectivity index is 0.00000264. The molecule has 0 amide bonds. The second-order valence-electron chi connectivity index (χ2n) is 4.54. The average Bonchev–Trinajstić information content (AvgIpc) is 2.59. The van der Waals surface area contributed by atoms with Gasteiger partial charge >= 0.3 is 0 Å². The zero-order valence-corrected chi connectivity index (χ0v) is 12.6. The third kappa shape index (κ3) is 5.20. The number of Topliss-reactive ketones (excluding diaryl/α,β-unsaturated/α-hetero) is 2. The lowest BCUT2D eigenvalue weighted by Gasteiger charge is -1.98. The minimum absolute atomic E-state index is 0. The van der Waals surface area contributed by atoms with E-state index in [9.17, 15) is 19.2 Å². The van der Waals surface area contributed by atoms with Crippen molar-refractivity contribution in [3.63, 3.8) is 0 Å². The van der Waals surface area contributed by atoms with Crippen LogP contribution in [0.15, 0.2) is 48.5 Å². The van der Waals surface area contributed by atoms with E-state index in [1.165, 1.54) is 0 Å². The number of carbonyl (C=O) groups is 4. The summed E-state index contributed by atoms with van der Waals surface area (Å²) >= 11 is 0. The monoisotopic (exact) mass is 328 g/mol. The Morgan fingerprint density at radius 3 is 1.12 bits per heavy atom. The Bertz CT molecular complexity index is 677. The predicted octanol–water partition coefficient (Wildman–Crippen LogP) is 0.971. The molecule has 0 radical (unpaired) electrons. The summed E-state index contributed by atoms with van der Waals surface area (Å²) in [5.74, 6) is -1.10. The average molecular weight is 328 g/mol. The molecule has 0 saturated carbocycles. The van der Waals surface area contributed by atoms with Crippen LogP contribution in [0.1, 0.15) is 31.8 Å². The molecule has 2 aromatic carbocycles. The molecule has 0 saturated heterocycles. The number of aldehydes is 2. The van der Waals surface area contributed by atoms with Crippen LogP contribution in [-0.2, 0) is 9.59 Å². The molecule has 0 aliphatic rings.